The third-order valence-electron chi connectivity index (χ3n) is 3.38. The maximum atomic E-state index is 12.0. The number of non-ortho nitro benzene ring substituents is 1. The van der Waals surface area contributed by atoms with E-state index in [1.165, 1.54) is 29.5 Å². The number of nitrogens with one attached hydrogen (secondary N) is 1. The van der Waals surface area contributed by atoms with E-state index in [-0.39, 0.29) is 11.6 Å². The molecule has 0 spiro atoms. The Hall–Kier alpha value is -3.03. The first kappa shape index (κ1) is 17.8. The first-order valence-electron chi connectivity index (χ1n) is 7.46. The molecule has 0 aliphatic heterocycles. The smallest absolute Gasteiger partial charge is 0.270 e. The number of halogens is 1. The van der Waals surface area contributed by atoms with Gasteiger partial charge in [0, 0.05) is 34.2 Å². The van der Waals surface area contributed by atoms with Crippen molar-refractivity contribution >= 4 is 45.7 Å². The van der Waals surface area contributed by atoms with Gasteiger partial charge in [-0.15, -0.1) is 11.3 Å². The standard InChI is InChI=1S/C18H12ClN3O3S/c19-14-7-4-12(5-8-14)6-9-17(23)21-18-20-16(11-26-18)13-2-1-3-15(10-13)22(24)25/h1-11H,(H,20,21,23)/b9-6+. The monoisotopic (exact) mass is 385 g/mol. The number of hydrogen-bond donors (Lipinski definition) is 1. The molecule has 0 radical (unpaired) electrons. The van der Waals surface area contributed by atoms with Gasteiger partial charge in [0.1, 0.15) is 0 Å². The van der Waals surface area contributed by atoms with E-state index in [9.17, 15) is 14.9 Å². The Balaban J connectivity index is 1.68. The summed E-state index contributed by atoms with van der Waals surface area (Å²) in [5.41, 5.74) is 2.02. The lowest BCUT2D eigenvalue weighted by Crippen LogP contribution is -2.07. The Morgan fingerprint density at radius 1 is 1.23 bits per heavy atom. The molecule has 0 saturated carbocycles. The van der Waals surface area contributed by atoms with Gasteiger partial charge in [0.05, 0.1) is 10.6 Å². The summed E-state index contributed by atoms with van der Waals surface area (Å²) in [7, 11) is 0. The highest BCUT2D eigenvalue weighted by atomic mass is 35.5. The van der Waals surface area contributed by atoms with Crippen molar-refractivity contribution in [3.8, 4) is 11.3 Å². The van der Waals surface area contributed by atoms with Crippen LogP contribution in [0.3, 0.4) is 0 Å². The number of carbonyl (C=O) groups is 1. The molecule has 0 fully saturated rings. The molecule has 1 amide bonds. The molecule has 0 aliphatic carbocycles. The first-order chi connectivity index (χ1) is 12.5. The largest absolute Gasteiger partial charge is 0.298 e. The Bertz CT molecular complexity index is 983. The maximum absolute atomic E-state index is 12.0. The van der Waals surface area contributed by atoms with Crippen LogP contribution in [0.15, 0.2) is 60.0 Å². The fourth-order valence-corrected chi connectivity index (χ4v) is 2.98. The topological polar surface area (TPSA) is 85.1 Å². The van der Waals surface area contributed by atoms with Gasteiger partial charge >= 0.3 is 0 Å². The lowest BCUT2D eigenvalue weighted by Gasteiger charge is -1.98. The van der Waals surface area contributed by atoms with Crippen LogP contribution in [0.25, 0.3) is 17.3 Å². The molecule has 0 aliphatic rings. The number of anilines is 1. The molecule has 130 valence electrons. The van der Waals surface area contributed by atoms with Crippen molar-refractivity contribution in [2.24, 2.45) is 0 Å². The van der Waals surface area contributed by atoms with E-state index in [0.29, 0.717) is 21.4 Å². The average molecular weight is 386 g/mol. The molecule has 6 nitrogen and oxygen atoms in total. The van der Waals surface area contributed by atoms with Crippen molar-refractivity contribution in [3.05, 3.63) is 80.7 Å². The minimum atomic E-state index is -0.458. The molecule has 0 atom stereocenters. The SMILES string of the molecule is O=C(/C=C/c1ccc(Cl)cc1)Nc1nc(-c2cccc([N+](=O)[O-])c2)cs1. The van der Waals surface area contributed by atoms with Gasteiger partial charge in [-0.05, 0) is 23.8 Å². The fraction of sp³-hybridized carbons (Fsp3) is 0. The van der Waals surface area contributed by atoms with Crippen LogP contribution in [0.1, 0.15) is 5.56 Å². The average Bonchev–Trinajstić information content (AvgIpc) is 3.10. The molecule has 1 heterocycles. The number of nitro benzene ring substituents is 1. The third kappa shape index (κ3) is 4.53. The van der Waals surface area contributed by atoms with Gasteiger partial charge in [0.25, 0.3) is 5.69 Å². The van der Waals surface area contributed by atoms with Crippen molar-refractivity contribution in [2.45, 2.75) is 0 Å². The lowest BCUT2D eigenvalue weighted by atomic mass is 10.1. The molecule has 8 heteroatoms. The summed E-state index contributed by atoms with van der Waals surface area (Å²) in [6.45, 7) is 0. The van der Waals surface area contributed by atoms with E-state index in [0.717, 1.165) is 5.56 Å². The second-order valence-electron chi connectivity index (χ2n) is 5.22. The Morgan fingerprint density at radius 2 is 2.00 bits per heavy atom. The molecule has 3 rings (SSSR count). The summed E-state index contributed by atoms with van der Waals surface area (Å²) in [4.78, 5) is 26.7. The first-order valence-corrected chi connectivity index (χ1v) is 8.72. The van der Waals surface area contributed by atoms with Crippen LogP contribution < -0.4 is 5.32 Å². The number of aromatic nitrogens is 1. The second-order valence-corrected chi connectivity index (χ2v) is 6.51. The predicted molar refractivity (Wildman–Crippen MR) is 103 cm³/mol. The molecule has 0 unspecified atom stereocenters. The number of amides is 1. The van der Waals surface area contributed by atoms with Crippen LogP contribution in [0.5, 0.6) is 0 Å². The van der Waals surface area contributed by atoms with Gasteiger partial charge in [0.2, 0.25) is 5.91 Å². The number of nitrogens with zero attached hydrogens (tertiary/aromatic N) is 2. The minimum Gasteiger partial charge on any atom is -0.298 e. The molecular weight excluding hydrogens is 374 g/mol. The van der Waals surface area contributed by atoms with Crippen LogP contribution in [0.4, 0.5) is 10.8 Å². The van der Waals surface area contributed by atoms with Crippen LogP contribution in [0.2, 0.25) is 5.02 Å². The molecule has 0 saturated heterocycles. The molecule has 3 aromatic rings. The van der Waals surface area contributed by atoms with Gasteiger partial charge in [-0.1, -0.05) is 35.9 Å². The van der Waals surface area contributed by atoms with Crippen molar-refractivity contribution in [3.63, 3.8) is 0 Å². The van der Waals surface area contributed by atoms with Crippen LogP contribution >= 0.6 is 22.9 Å². The fourth-order valence-electron chi connectivity index (χ4n) is 2.14. The number of benzene rings is 2. The summed E-state index contributed by atoms with van der Waals surface area (Å²) in [6.07, 6.45) is 3.07. The quantitative estimate of drug-likeness (QED) is 0.379. The highest BCUT2D eigenvalue weighted by Gasteiger charge is 2.10. The van der Waals surface area contributed by atoms with Crippen molar-refractivity contribution in [1.29, 1.82) is 0 Å². The van der Waals surface area contributed by atoms with E-state index in [1.807, 2.05) is 0 Å². The summed E-state index contributed by atoms with van der Waals surface area (Å²) >= 11 is 7.06. The number of carbonyl (C=O) groups excluding carboxylic acids is 1. The van der Waals surface area contributed by atoms with Crippen LogP contribution in [-0.2, 0) is 4.79 Å². The molecular formula is C18H12ClN3O3S. The van der Waals surface area contributed by atoms with Gasteiger partial charge in [0.15, 0.2) is 5.13 Å². The minimum absolute atomic E-state index is 0.00742. The maximum Gasteiger partial charge on any atom is 0.270 e. The zero-order valence-corrected chi connectivity index (χ0v) is 14.8. The van der Waals surface area contributed by atoms with Crippen molar-refractivity contribution < 1.29 is 9.72 Å². The molecule has 1 aromatic heterocycles. The van der Waals surface area contributed by atoms with Gasteiger partial charge in [-0.3, -0.25) is 20.2 Å². The van der Waals surface area contributed by atoms with Crippen LogP contribution in [0, 0.1) is 10.1 Å². The molecule has 2 aromatic carbocycles. The number of thiazole rings is 1. The Morgan fingerprint density at radius 3 is 2.73 bits per heavy atom. The highest BCUT2D eigenvalue weighted by molar-refractivity contribution is 7.14. The number of rotatable bonds is 5. The van der Waals surface area contributed by atoms with Crippen LogP contribution in [-0.4, -0.2) is 15.8 Å². The van der Waals surface area contributed by atoms with Gasteiger partial charge in [-0.2, -0.15) is 0 Å². The second kappa shape index (κ2) is 7.90. The Labute approximate surface area is 157 Å². The number of hydrogen-bond acceptors (Lipinski definition) is 5. The summed E-state index contributed by atoms with van der Waals surface area (Å²) in [6, 6.07) is 13.3. The summed E-state index contributed by atoms with van der Waals surface area (Å²) in [5.74, 6) is -0.320. The van der Waals surface area contributed by atoms with Gasteiger partial charge < -0.3 is 0 Å². The summed E-state index contributed by atoms with van der Waals surface area (Å²) < 4.78 is 0. The zero-order chi connectivity index (χ0) is 18.5. The zero-order valence-electron chi connectivity index (χ0n) is 13.3. The van der Waals surface area contributed by atoms with E-state index < -0.39 is 4.92 Å². The van der Waals surface area contributed by atoms with E-state index in [4.69, 9.17) is 11.6 Å². The molecule has 0 bridgehead atoms. The molecule has 1 N–H and O–H groups in total. The van der Waals surface area contributed by atoms with E-state index >= 15 is 0 Å². The Kier molecular flexibility index (Phi) is 5.40. The van der Waals surface area contributed by atoms with E-state index in [1.54, 1.807) is 47.9 Å². The third-order valence-corrected chi connectivity index (χ3v) is 4.39. The number of nitro groups is 1. The summed E-state index contributed by atoms with van der Waals surface area (Å²) in [5, 5.41) is 16.3. The normalized spacial score (nSPS) is 10.8. The molecule has 26 heavy (non-hydrogen) atoms. The van der Waals surface area contributed by atoms with Gasteiger partial charge in [-0.25, -0.2) is 4.98 Å². The highest BCUT2D eigenvalue weighted by Crippen LogP contribution is 2.27. The van der Waals surface area contributed by atoms with Crippen molar-refractivity contribution in [2.75, 3.05) is 5.32 Å². The predicted octanol–water partition coefficient (Wildman–Crippen LogP) is 5.02. The van der Waals surface area contributed by atoms with Crippen molar-refractivity contribution in [1.82, 2.24) is 4.98 Å². The van der Waals surface area contributed by atoms with E-state index in [2.05, 4.69) is 10.3 Å². The lowest BCUT2D eigenvalue weighted by molar-refractivity contribution is -0.384.